The van der Waals surface area contributed by atoms with Gasteiger partial charge in [-0.1, -0.05) is 34.9 Å². The van der Waals surface area contributed by atoms with Crippen LogP contribution in [0.2, 0.25) is 0 Å². The van der Waals surface area contributed by atoms with Gasteiger partial charge in [-0.15, -0.1) is 11.8 Å². The summed E-state index contributed by atoms with van der Waals surface area (Å²) >= 11 is 1.80. The highest BCUT2D eigenvalue weighted by Gasteiger charge is 2.33. The predicted octanol–water partition coefficient (Wildman–Crippen LogP) is 5.59. The van der Waals surface area contributed by atoms with Gasteiger partial charge in [-0.05, 0) is 56.1 Å². The van der Waals surface area contributed by atoms with Crippen molar-refractivity contribution in [3.05, 3.63) is 76.3 Å². The van der Waals surface area contributed by atoms with Gasteiger partial charge in [0.25, 0.3) is 0 Å². The van der Waals surface area contributed by atoms with Crippen LogP contribution in [0.5, 0.6) is 0 Å². The van der Waals surface area contributed by atoms with Gasteiger partial charge in [-0.25, -0.2) is 9.37 Å². The molecule has 9 heteroatoms. The molecule has 2 N–H and O–H groups in total. The lowest BCUT2D eigenvalue weighted by atomic mass is 9.81. The normalized spacial score (nSPS) is 17.7. The molecule has 1 aliphatic carbocycles. The van der Waals surface area contributed by atoms with Crippen molar-refractivity contribution in [2.45, 2.75) is 48.3 Å². The third-order valence-corrected chi connectivity index (χ3v) is 7.92. The summed E-state index contributed by atoms with van der Waals surface area (Å²) in [6.45, 7) is 2.07. The number of hydrogen-bond donors (Lipinski definition) is 2. The lowest BCUT2D eigenvalue weighted by molar-refractivity contribution is -0.335. The maximum atomic E-state index is 14.8. The summed E-state index contributed by atoms with van der Waals surface area (Å²) in [7, 11) is 1.77. The van der Waals surface area contributed by atoms with Crippen molar-refractivity contribution in [2.24, 2.45) is 0 Å². The minimum Gasteiger partial charge on any atom is -0.380 e. The summed E-state index contributed by atoms with van der Waals surface area (Å²) in [4.78, 5) is 23.6. The number of benzene rings is 2. The first-order valence-electron chi connectivity index (χ1n) is 12.2. The first-order chi connectivity index (χ1) is 17.5. The Kier molecular flexibility index (Phi) is 7.50. The summed E-state index contributed by atoms with van der Waals surface area (Å²) in [6, 6.07) is 12.5. The molecule has 1 aliphatic heterocycles. The number of halogens is 1. The molecule has 0 radical (unpaired) electrons. The minimum atomic E-state index is -0.669. The van der Waals surface area contributed by atoms with Crippen LogP contribution in [-0.2, 0) is 11.3 Å². The Labute approximate surface area is 214 Å². The molecule has 1 saturated heterocycles. The monoisotopic (exact) mass is 506 g/mol. The largest absolute Gasteiger partial charge is 0.387 e. The van der Waals surface area contributed by atoms with Gasteiger partial charge in [-0.2, -0.15) is 0 Å². The Hall–Kier alpha value is -3.01. The topological polar surface area (TPSA) is 91.0 Å². The molecule has 186 valence electrons. The van der Waals surface area contributed by atoms with E-state index in [1.807, 2.05) is 24.3 Å². The lowest BCUT2D eigenvalue weighted by Gasteiger charge is -2.25. The van der Waals surface area contributed by atoms with Gasteiger partial charge in [0, 0.05) is 39.5 Å². The maximum absolute atomic E-state index is 14.8. The molecule has 0 amide bonds. The fourth-order valence-corrected chi connectivity index (χ4v) is 5.50. The van der Waals surface area contributed by atoms with Gasteiger partial charge in [0.15, 0.2) is 11.5 Å². The summed E-state index contributed by atoms with van der Waals surface area (Å²) in [5.41, 5.74) is 2.80. The molecule has 1 atom stereocenters. The lowest BCUT2D eigenvalue weighted by Crippen LogP contribution is -2.23. The van der Waals surface area contributed by atoms with Crippen molar-refractivity contribution in [2.75, 3.05) is 20.3 Å². The first-order valence-corrected chi connectivity index (χ1v) is 13.1. The van der Waals surface area contributed by atoms with E-state index < -0.39 is 11.7 Å². The summed E-state index contributed by atoms with van der Waals surface area (Å²) in [5.74, 6) is -0.914. The zero-order valence-corrected chi connectivity index (χ0v) is 21.0. The molecule has 1 unspecified atom stereocenters. The molecule has 0 bridgehead atoms. The Balaban J connectivity index is 1.43. The zero-order chi connectivity index (χ0) is 25.1. The second kappa shape index (κ2) is 10.9. The van der Waals surface area contributed by atoms with E-state index in [4.69, 9.17) is 15.1 Å². The number of thioether (sulfide) groups is 1. The molecular formula is C27H29FN5O2S+. The van der Waals surface area contributed by atoms with E-state index in [0.717, 1.165) is 54.9 Å². The molecule has 36 heavy (non-hydrogen) atoms. The highest BCUT2D eigenvalue weighted by Crippen LogP contribution is 2.38. The molecule has 2 fully saturated rings. The predicted molar refractivity (Wildman–Crippen MR) is 138 cm³/mol. The van der Waals surface area contributed by atoms with Crippen LogP contribution in [0.4, 0.5) is 10.1 Å². The second-order valence-electron chi connectivity index (χ2n) is 9.20. The molecule has 1 aromatic heterocycles. The van der Waals surface area contributed by atoms with Crippen molar-refractivity contribution in [3.8, 4) is 11.3 Å². The minimum absolute atomic E-state index is 0.158. The van der Waals surface area contributed by atoms with E-state index >= 15 is 0 Å². The van der Waals surface area contributed by atoms with Crippen LogP contribution in [0, 0.1) is 16.1 Å². The van der Waals surface area contributed by atoms with Crippen molar-refractivity contribution >= 4 is 23.3 Å². The number of hydrogen-bond acceptors (Lipinski definition) is 7. The van der Waals surface area contributed by atoms with E-state index in [1.54, 1.807) is 31.1 Å². The van der Waals surface area contributed by atoms with Crippen LogP contribution in [0.15, 0.2) is 53.6 Å². The fourth-order valence-electron chi connectivity index (χ4n) is 4.44. The number of aromatic nitrogens is 2. The van der Waals surface area contributed by atoms with Crippen molar-refractivity contribution in [3.63, 3.8) is 0 Å². The third kappa shape index (κ3) is 5.23. The van der Waals surface area contributed by atoms with E-state index in [1.165, 1.54) is 12.1 Å². The second-order valence-corrected chi connectivity index (χ2v) is 10.6. The van der Waals surface area contributed by atoms with Gasteiger partial charge in [0.05, 0.1) is 24.2 Å². The average Bonchev–Trinajstić information content (AvgIpc) is 3.36. The van der Waals surface area contributed by atoms with Gasteiger partial charge in [-0.3, -0.25) is 4.98 Å². The maximum Gasteiger partial charge on any atom is 0.387 e. The number of nitrogens with one attached hydrogen (secondary N) is 2. The number of amidine groups is 1. The Morgan fingerprint density at radius 3 is 2.67 bits per heavy atom. The molecule has 2 heterocycles. The van der Waals surface area contributed by atoms with Gasteiger partial charge in [0.1, 0.15) is 0 Å². The van der Waals surface area contributed by atoms with Gasteiger partial charge < -0.3 is 10.1 Å². The summed E-state index contributed by atoms with van der Waals surface area (Å²) < 4.78 is 20.5. The summed E-state index contributed by atoms with van der Waals surface area (Å²) in [6.07, 6.45) is 5.72. The molecule has 2 aliphatic rings. The highest BCUT2D eigenvalue weighted by atomic mass is 32.2. The molecule has 1 saturated carbocycles. The molecule has 7 nitrogen and oxygen atoms in total. The third-order valence-electron chi connectivity index (χ3n) is 6.67. The van der Waals surface area contributed by atoms with Crippen LogP contribution in [0.25, 0.3) is 11.3 Å². The van der Waals surface area contributed by atoms with E-state index in [-0.39, 0.29) is 17.3 Å². The van der Waals surface area contributed by atoms with Crippen molar-refractivity contribution in [1.29, 1.82) is 5.41 Å². The van der Waals surface area contributed by atoms with Crippen molar-refractivity contribution < 1.29 is 13.9 Å². The SMILES string of the molecule is CNCc1ccc([N+](=O)C(=N)c2nc(-c3ccc(SC4CCOC4)cc3)cnc2C2CCC2)c(F)c1. The molecule has 2 aromatic carbocycles. The first kappa shape index (κ1) is 24.7. The molecule has 5 rings (SSSR count). The Morgan fingerprint density at radius 2 is 2.03 bits per heavy atom. The highest BCUT2D eigenvalue weighted by molar-refractivity contribution is 8.00. The quantitative estimate of drug-likeness (QED) is 0.235. The van der Waals surface area contributed by atoms with Crippen LogP contribution in [0.3, 0.4) is 0 Å². The molecule has 3 aromatic rings. The fraction of sp³-hybridized carbons (Fsp3) is 0.370. The van der Waals surface area contributed by atoms with Crippen LogP contribution < -0.4 is 5.32 Å². The van der Waals surface area contributed by atoms with E-state index in [9.17, 15) is 9.30 Å². The van der Waals surface area contributed by atoms with Crippen LogP contribution in [-0.4, -0.2) is 46.1 Å². The smallest absolute Gasteiger partial charge is 0.380 e. The Bertz CT molecular complexity index is 1270. The standard InChI is InChI=1S/C27H29FN5O2S/c1-30-14-17-5-10-24(22(28)13-17)33(34)27(29)26-25(19-3-2-4-19)31-15-23(32-26)18-6-8-20(9-7-18)36-21-11-12-35-16-21/h5-10,13,15,19,21,29-30H,2-4,11-12,14,16H2,1H3/q+1. The zero-order valence-electron chi connectivity index (χ0n) is 20.2. The van der Waals surface area contributed by atoms with Crippen molar-refractivity contribution in [1.82, 2.24) is 15.3 Å². The van der Waals surface area contributed by atoms with Gasteiger partial charge in [0.2, 0.25) is 5.69 Å². The van der Waals surface area contributed by atoms with Crippen LogP contribution >= 0.6 is 11.8 Å². The van der Waals surface area contributed by atoms with Crippen LogP contribution in [0.1, 0.15) is 48.6 Å². The van der Waals surface area contributed by atoms with E-state index in [0.29, 0.717) is 27.9 Å². The average molecular weight is 507 g/mol. The van der Waals surface area contributed by atoms with E-state index in [2.05, 4.69) is 10.3 Å². The molecule has 0 spiro atoms. The summed E-state index contributed by atoms with van der Waals surface area (Å²) in [5, 5.41) is 12.1. The number of nitroso groups, excluding NO2 is 1. The Morgan fingerprint density at radius 1 is 1.22 bits per heavy atom. The number of rotatable bonds is 8. The van der Waals surface area contributed by atoms with Gasteiger partial charge >= 0.3 is 5.84 Å². The number of ether oxygens (including phenoxy) is 1. The molecular weight excluding hydrogens is 477 g/mol. The number of nitrogens with zero attached hydrogens (tertiary/aromatic N) is 3.